The van der Waals surface area contributed by atoms with Crippen LogP contribution in [0.3, 0.4) is 0 Å². The van der Waals surface area contributed by atoms with E-state index in [9.17, 15) is 35.9 Å². The third-order valence-electron chi connectivity index (χ3n) is 8.93. The zero-order chi connectivity index (χ0) is 38.0. The number of amides is 1. The second-order valence-electron chi connectivity index (χ2n) is 12.7. The molecule has 0 saturated heterocycles. The van der Waals surface area contributed by atoms with Crippen molar-refractivity contribution < 1.29 is 40.3 Å². The Labute approximate surface area is 307 Å². The van der Waals surface area contributed by atoms with E-state index in [2.05, 4.69) is 34.6 Å². The van der Waals surface area contributed by atoms with E-state index in [1.165, 1.54) is 35.7 Å². The number of hydrogen-bond donors (Lipinski definition) is 1. The minimum atomic E-state index is -5.03. The number of rotatable bonds is 10. The Balaban J connectivity index is 0.000000181. The molecule has 1 amide bonds. The number of carbonyl (C=O) groups excluding carboxylic acids is 2. The highest BCUT2D eigenvalue weighted by molar-refractivity contribution is 6.30. The van der Waals surface area contributed by atoms with E-state index in [4.69, 9.17) is 23.2 Å². The van der Waals surface area contributed by atoms with Gasteiger partial charge in [0.2, 0.25) is 0 Å². The SMILES string of the molecule is FC(F)(F)c1nnc(-c2cnc(CC3(c4ccc(Cl)cc4)CC3)nc2)o1.O=C(CNC(=O)C(F)(F)F)c1cnc(CC2(c3ccc(Cl)cc3)CC2)nc1. The number of Topliss-reactive ketones (excluding diaryl/α,β-unsaturated/α-hetero) is 1. The fraction of sp³-hybridized carbons (Fsp3) is 0.314. The van der Waals surface area contributed by atoms with Crippen molar-refractivity contribution in [1.29, 1.82) is 0 Å². The molecule has 0 bridgehead atoms. The average Bonchev–Trinajstić information content (AvgIpc) is 4.03. The van der Waals surface area contributed by atoms with Crippen LogP contribution in [0, 0.1) is 0 Å². The summed E-state index contributed by atoms with van der Waals surface area (Å²) in [6.45, 7) is -0.768. The number of hydrogen-bond acceptors (Lipinski definition) is 9. The van der Waals surface area contributed by atoms with Gasteiger partial charge in [-0.3, -0.25) is 9.59 Å². The molecule has 7 rings (SSSR count). The summed E-state index contributed by atoms with van der Waals surface area (Å²) in [6.07, 6.45) is 0.887. The summed E-state index contributed by atoms with van der Waals surface area (Å²) < 4.78 is 78.6. The molecule has 0 atom stereocenters. The van der Waals surface area contributed by atoms with E-state index in [1.807, 2.05) is 48.5 Å². The molecule has 1 N–H and O–H groups in total. The van der Waals surface area contributed by atoms with Gasteiger partial charge in [0.1, 0.15) is 11.6 Å². The monoisotopic (exact) mass is 777 g/mol. The first-order valence-corrected chi connectivity index (χ1v) is 16.7. The van der Waals surface area contributed by atoms with Gasteiger partial charge in [-0.25, -0.2) is 19.9 Å². The maximum Gasteiger partial charge on any atom is 0.471 e. The average molecular weight is 779 g/mol. The van der Waals surface area contributed by atoms with Crippen molar-refractivity contribution in [2.24, 2.45) is 0 Å². The van der Waals surface area contributed by atoms with E-state index in [0.717, 1.165) is 31.2 Å². The van der Waals surface area contributed by atoms with Gasteiger partial charge in [-0.05, 0) is 61.1 Å². The van der Waals surface area contributed by atoms with E-state index in [-0.39, 0.29) is 27.8 Å². The molecular weight excluding hydrogens is 751 g/mol. The standard InChI is InChI=1S/C18H15ClF3N3O2.C17H12ClF3N4O/c19-13-3-1-12(2-4-13)17(5-6-17)7-15-23-8-11(9-24-15)14(26)10-25-16(27)18(20,21)22;18-12-3-1-11(2-4-12)16(5-6-16)7-13-22-8-10(9-23-13)14-24-25-15(26-14)17(19,20)21/h1-4,8-9H,5-7,10H2,(H,25,27);1-4,8-9H,5-7H2. The Morgan fingerprint density at radius 2 is 1.15 bits per heavy atom. The molecule has 2 aliphatic carbocycles. The lowest BCUT2D eigenvalue weighted by Crippen LogP contribution is -2.39. The first kappa shape index (κ1) is 37.8. The normalized spacial score (nSPS) is 15.5. The first-order valence-electron chi connectivity index (χ1n) is 16.0. The lowest BCUT2D eigenvalue weighted by molar-refractivity contribution is -0.173. The summed E-state index contributed by atoms with van der Waals surface area (Å²) in [5.41, 5.74) is 2.56. The number of ketones is 1. The minimum absolute atomic E-state index is 0.0000466. The summed E-state index contributed by atoms with van der Waals surface area (Å²) in [5.74, 6) is -3.36. The molecule has 276 valence electrons. The Kier molecular flexibility index (Phi) is 10.6. The van der Waals surface area contributed by atoms with Gasteiger partial charge in [0.25, 0.3) is 5.89 Å². The minimum Gasteiger partial charge on any atom is -0.413 e. The van der Waals surface area contributed by atoms with Crippen molar-refractivity contribution >= 4 is 34.9 Å². The lowest BCUT2D eigenvalue weighted by atomic mass is 9.92. The van der Waals surface area contributed by atoms with Crippen LogP contribution in [-0.2, 0) is 34.6 Å². The van der Waals surface area contributed by atoms with Crippen LogP contribution in [0.25, 0.3) is 11.5 Å². The fourth-order valence-corrected chi connectivity index (χ4v) is 5.86. The summed E-state index contributed by atoms with van der Waals surface area (Å²) >= 11 is 11.8. The number of aromatic nitrogens is 6. The molecular formula is C35H27Cl2F6N7O3. The van der Waals surface area contributed by atoms with Gasteiger partial charge in [0.15, 0.2) is 5.78 Å². The van der Waals surface area contributed by atoms with Crippen LogP contribution in [0.2, 0.25) is 10.0 Å². The molecule has 2 fully saturated rings. The van der Waals surface area contributed by atoms with Gasteiger partial charge in [0, 0.05) is 58.5 Å². The predicted molar refractivity (Wildman–Crippen MR) is 178 cm³/mol. The number of halogens is 8. The molecule has 3 aromatic heterocycles. The lowest BCUT2D eigenvalue weighted by Gasteiger charge is -2.15. The van der Waals surface area contributed by atoms with E-state index in [0.29, 0.717) is 34.5 Å². The van der Waals surface area contributed by atoms with Crippen molar-refractivity contribution in [2.75, 3.05) is 6.54 Å². The van der Waals surface area contributed by atoms with E-state index < -0.39 is 36.5 Å². The topological polar surface area (TPSA) is 137 Å². The second-order valence-corrected chi connectivity index (χ2v) is 13.6. The molecule has 2 saturated carbocycles. The molecule has 3 heterocycles. The first-order chi connectivity index (χ1) is 25.1. The summed E-state index contributed by atoms with van der Waals surface area (Å²) in [4.78, 5) is 39.4. The molecule has 0 spiro atoms. The van der Waals surface area contributed by atoms with Crippen molar-refractivity contribution in [2.45, 2.75) is 61.7 Å². The van der Waals surface area contributed by atoms with Crippen LogP contribution >= 0.6 is 23.2 Å². The molecule has 0 radical (unpaired) electrons. The quantitative estimate of drug-likeness (QED) is 0.112. The number of benzene rings is 2. The molecule has 0 aliphatic heterocycles. The van der Waals surface area contributed by atoms with Crippen molar-refractivity contribution in [3.8, 4) is 11.5 Å². The second kappa shape index (κ2) is 14.8. The summed E-state index contributed by atoms with van der Waals surface area (Å²) in [5, 5.41) is 9.26. The van der Waals surface area contributed by atoms with E-state index >= 15 is 0 Å². The van der Waals surface area contributed by atoms with Crippen LogP contribution in [0.5, 0.6) is 0 Å². The van der Waals surface area contributed by atoms with Crippen molar-refractivity contribution in [3.63, 3.8) is 0 Å². The predicted octanol–water partition coefficient (Wildman–Crippen LogP) is 7.74. The Morgan fingerprint density at radius 1 is 0.698 bits per heavy atom. The number of carbonyl (C=O) groups is 2. The molecule has 2 aliphatic rings. The number of alkyl halides is 6. The molecule has 18 heteroatoms. The zero-order valence-electron chi connectivity index (χ0n) is 27.3. The van der Waals surface area contributed by atoms with Gasteiger partial charge in [-0.2, -0.15) is 26.3 Å². The fourth-order valence-electron chi connectivity index (χ4n) is 5.61. The maximum absolute atomic E-state index is 12.5. The highest BCUT2D eigenvalue weighted by Crippen LogP contribution is 2.51. The van der Waals surface area contributed by atoms with Crippen molar-refractivity contribution in [1.82, 2.24) is 35.5 Å². The Morgan fingerprint density at radius 3 is 1.55 bits per heavy atom. The van der Waals surface area contributed by atoms with Gasteiger partial charge in [0.05, 0.1) is 17.7 Å². The highest BCUT2D eigenvalue weighted by Gasteiger charge is 2.46. The zero-order valence-corrected chi connectivity index (χ0v) is 28.8. The van der Waals surface area contributed by atoms with Gasteiger partial charge >= 0.3 is 24.2 Å². The van der Waals surface area contributed by atoms with Crippen LogP contribution in [0.1, 0.15) is 64.7 Å². The molecule has 5 aromatic rings. The molecule has 10 nitrogen and oxygen atoms in total. The molecule has 53 heavy (non-hydrogen) atoms. The van der Waals surface area contributed by atoms with Crippen LogP contribution in [-0.4, -0.2) is 54.5 Å². The van der Waals surface area contributed by atoms with Gasteiger partial charge < -0.3 is 9.73 Å². The van der Waals surface area contributed by atoms with Crippen LogP contribution < -0.4 is 5.32 Å². The van der Waals surface area contributed by atoms with Crippen molar-refractivity contribution in [3.05, 3.63) is 118 Å². The van der Waals surface area contributed by atoms with Gasteiger partial charge in [-0.1, -0.05) is 47.5 Å². The maximum atomic E-state index is 12.5. The Bertz CT molecular complexity index is 2070. The highest BCUT2D eigenvalue weighted by atomic mass is 35.5. The third-order valence-corrected chi connectivity index (χ3v) is 9.43. The smallest absolute Gasteiger partial charge is 0.413 e. The van der Waals surface area contributed by atoms with Gasteiger partial charge in [-0.15, -0.1) is 10.2 Å². The van der Waals surface area contributed by atoms with Crippen LogP contribution in [0.4, 0.5) is 26.3 Å². The number of nitrogens with zero attached hydrogens (tertiary/aromatic N) is 6. The number of nitrogens with one attached hydrogen (secondary N) is 1. The largest absolute Gasteiger partial charge is 0.471 e. The molecule has 0 unspecified atom stereocenters. The third kappa shape index (κ3) is 9.35. The Hall–Kier alpha value is -4.96. The molecule has 2 aromatic carbocycles. The van der Waals surface area contributed by atoms with Crippen LogP contribution in [0.15, 0.2) is 77.7 Å². The van der Waals surface area contributed by atoms with E-state index in [1.54, 1.807) is 0 Å². The summed E-state index contributed by atoms with van der Waals surface area (Å²) in [6, 6.07) is 15.3. The summed E-state index contributed by atoms with van der Waals surface area (Å²) in [7, 11) is 0.